The van der Waals surface area contributed by atoms with Crippen molar-refractivity contribution in [3.8, 4) is 0 Å². The predicted molar refractivity (Wildman–Crippen MR) is 60.0 cm³/mol. The van der Waals surface area contributed by atoms with Crippen LogP contribution >= 0.6 is 28.3 Å². The van der Waals surface area contributed by atoms with Crippen molar-refractivity contribution in [1.29, 1.82) is 0 Å². The highest BCUT2D eigenvalue weighted by atomic mass is 79.9. The largest absolute Gasteiger partial charge is 0.453 e. The van der Waals surface area contributed by atoms with E-state index in [4.69, 9.17) is 10.2 Å². The van der Waals surface area contributed by atoms with Gasteiger partial charge in [0.25, 0.3) is 0 Å². The summed E-state index contributed by atoms with van der Waals surface area (Å²) in [5, 5.41) is 0. The average molecular weight is 269 g/mol. The van der Waals surface area contributed by atoms with Crippen LogP contribution in [0, 0.1) is 5.92 Å². The first-order chi connectivity index (χ1) is 5.59. The molecule has 0 aliphatic carbocycles. The van der Waals surface area contributed by atoms with Gasteiger partial charge in [-0.05, 0) is 40.4 Å². The second-order valence-electron chi connectivity index (χ2n) is 3.38. The Morgan fingerprint density at radius 3 is 2.46 bits per heavy atom. The molecular weight excluding hydrogens is 253 g/mol. The van der Waals surface area contributed by atoms with Crippen LogP contribution < -0.4 is 5.73 Å². The molecule has 0 radical (unpaired) electrons. The average Bonchev–Trinajstić information content (AvgIpc) is 2.34. The summed E-state index contributed by atoms with van der Waals surface area (Å²) in [5.74, 6) is 1.46. The molecule has 76 valence electrons. The first kappa shape index (κ1) is 13.0. The second-order valence-corrected chi connectivity index (χ2v) is 4.16. The van der Waals surface area contributed by atoms with Crippen LogP contribution in [0.3, 0.4) is 0 Å². The smallest absolute Gasteiger partial charge is 0.169 e. The molecule has 1 aromatic rings. The molecule has 0 amide bonds. The third kappa shape index (κ3) is 4.16. The molecule has 0 spiro atoms. The van der Waals surface area contributed by atoms with Gasteiger partial charge >= 0.3 is 0 Å². The molecule has 0 fully saturated rings. The molecule has 0 saturated carbocycles. The van der Waals surface area contributed by atoms with Crippen molar-refractivity contribution >= 4 is 28.3 Å². The van der Waals surface area contributed by atoms with Gasteiger partial charge in [-0.15, -0.1) is 12.4 Å². The van der Waals surface area contributed by atoms with E-state index < -0.39 is 0 Å². The lowest BCUT2D eigenvalue weighted by molar-refractivity contribution is 0.406. The zero-order valence-electron chi connectivity index (χ0n) is 7.79. The molecule has 13 heavy (non-hydrogen) atoms. The van der Waals surface area contributed by atoms with Crippen LogP contribution in [0.15, 0.2) is 21.2 Å². The highest BCUT2D eigenvalue weighted by molar-refractivity contribution is 9.10. The summed E-state index contributed by atoms with van der Waals surface area (Å²) in [7, 11) is 0. The Morgan fingerprint density at radius 2 is 2.08 bits per heavy atom. The Balaban J connectivity index is 0.00000144. The van der Waals surface area contributed by atoms with Crippen LogP contribution in [0.5, 0.6) is 0 Å². The van der Waals surface area contributed by atoms with Gasteiger partial charge in [0, 0.05) is 0 Å². The monoisotopic (exact) mass is 267 g/mol. The Bertz CT molecular complexity index is 250. The highest BCUT2D eigenvalue weighted by Crippen LogP contribution is 2.23. The molecule has 2 N–H and O–H groups in total. The Kier molecular flexibility index (Phi) is 5.68. The molecule has 0 aromatic carbocycles. The highest BCUT2D eigenvalue weighted by Gasteiger charge is 2.11. The van der Waals surface area contributed by atoms with Gasteiger partial charge in [-0.1, -0.05) is 13.8 Å². The van der Waals surface area contributed by atoms with E-state index in [1.165, 1.54) is 0 Å². The minimum absolute atomic E-state index is 0. The summed E-state index contributed by atoms with van der Waals surface area (Å²) in [4.78, 5) is 0. The number of halogens is 2. The molecule has 0 aliphatic heterocycles. The lowest BCUT2D eigenvalue weighted by atomic mass is 10.0. The van der Waals surface area contributed by atoms with E-state index in [-0.39, 0.29) is 18.4 Å². The maximum absolute atomic E-state index is 5.89. The fourth-order valence-electron chi connectivity index (χ4n) is 1.15. The van der Waals surface area contributed by atoms with E-state index in [0.717, 1.165) is 16.9 Å². The van der Waals surface area contributed by atoms with Crippen molar-refractivity contribution in [2.45, 2.75) is 26.3 Å². The van der Waals surface area contributed by atoms with Gasteiger partial charge in [-0.25, -0.2) is 0 Å². The summed E-state index contributed by atoms with van der Waals surface area (Å²) in [6, 6.07) is 3.81. The first-order valence-corrected chi connectivity index (χ1v) is 4.89. The second kappa shape index (κ2) is 5.68. The normalized spacial score (nSPS) is 12.7. The van der Waals surface area contributed by atoms with Gasteiger partial charge in [-0.3, -0.25) is 0 Å². The summed E-state index contributed by atoms with van der Waals surface area (Å²) >= 11 is 3.24. The third-order valence-electron chi connectivity index (χ3n) is 1.68. The Hall–Kier alpha value is 0.01000. The molecule has 0 unspecified atom stereocenters. The van der Waals surface area contributed by atoms with Crippen LogP contribution in [0.2, 0.25) is 0 Å². The molecule has 4 heteroatoms. The lowest BCUT2D eigenvalue weighted by Crippen LogP contribution is -2.11. The molecule has 0 saturated heterocycles. The van der Waals surface area contributed by atoms with E-state index in [1.54, 1.807) is 0 Å². The van der Waals surface area contributed by atoms with Gasteiger partial charge in [0.05, 0.1) is 6.04 Å². The number of furan rings is 1. The number of hydrogen-bond donors (Lipinski definition) is 1. The lowest BCUT2D eigenvalue weighted by Gasteiger charge is -2.10. The Morgan fingerprint density at radius 1 is 1.46 bits per heavy atom. The number of nitrogens with two attached hydrogens (primary N) is 1. The predicted octanol–water partition coefficient (Wildman–Crippen LogP) is 3.51. The summed E-state index contributed by atoms with van der Waals surface area (Å²) in [6.07, 6.45) is 0.958. The maximum atomic E-state index is 5.89. The van der Waals surface area contributed by atoms with Crippen molar-refractivity contribution in [2.24, 2.45) is 11.7 Å². The van der Waals surface area contributed by atoms with Crippen molar-refractivity contribution in [3.05, 3.63) is 22.6 Å². The van der Waals surface area contributed by atoms with Crippen LogP contribution in [0.1, 0.15) is 32.1 Å². The van der Waals surface area contributed by atoms with Gasteiger partial charge < -0.3 is 10.2 Å². The van der Waals surface area contributed by atoms with Gasteiger partial charge in [-0.2, -0.15) is 0 Å². The molecular formula is C9H15BrClNO. The van der Waals surface area contributed by atoms with E-state index in [1.807, 2.05) is 12.1 Å². The van der Waals surface area contributed by atoms with E-state index in [0.29, 0.717) is 5.92 Å². The molecule has 2 nitrogen and oxygen atoms in total. The summed E-state index contributed by atoms with van der Waals surface area (Å²) < 4.78 is 6.08. The van der Waals surface area contributed by atoms with Gasteiger partial charge in [0.1, 0.15) is 5.76 Å². The van der Waals surface area contributed by atoms with Crippen molar-refractivity contribution < 1.29 is 4.42 Å². The van der Waals surface area contributed by atoms with Crippen LogP contribution in [-0.2, 0) is 0 Å². The van der Waals surface area contributed by atoms with Crippen molar-refractivity contribution in [1.82, 2.24) is 0 Å². The van der Waals surface area contributed by atoms with E-state index in [2.05, 4.69) is 29.8 Å². The van der Waals surface area contributed by atoms with Gasteiger partial charge in [0.2, 0.25) is 0 Å². The summed E-state index contributed by atoms with van der Waals surface area (Å²) in [6.45, 7) is 4.30. The minimum Gasteiger partial charge on any atom is -0.453 e. The fraction of sp³-hybridized carbons (Fsp3) is 0.556. The number of rotatable bonds is 3. The molecule has 1 heterocycles. The van der Waals surface area contributed by atoms with E-state index >= 15 is 0 Å². The Labute approximate surface area is 93.4 Å². The van der Waals surface area contributed by atoms with Gasteiger partial charge in [0.15, 0.2) is 4.67 Å². The van der Waals surface area contributed by atoms with Crippen molar-refractivity contribution in [2.75, 3.05) is 0 Å². The van der Waals surface area contributed by atoms with Crippen LogP contribution in [0.25, 0.3) is 0 Å². The molecule has 1 atom stereocenters. The standard InChI is InChI=1S/C9H14BrNO.ClH/c1-6(2)5-7(11)8-3-4-9(10)12-8;/h3-4,6-7H,5,11H2,1-2H3;1H/t7-;/m0./s1. The number of hydrogen-bond acceptors (Lipinski definition) is 2. The topological polar surface area (TPSA) is 39.2 Å². The van der Waals surface area contributed by atoms with E-state index in [9.17, 15) is 0 Å². The molecule has 0 aliphatic rings. The third-order valence-corrected chi connectivity index (χ3v) is 2.11. The SMILES string of the molecule is CC(C)C[C@H](N)c1ccc(Br)o1.Cl. The van der Waals surface area contributed by atoms with Crippen LogP contribution in [0.4, 0.5) is 0 Å². The molecule has 1 aromatic heterocycles. The first-order valence-electron chi connectivity index (χ1n) is 4.10. The quantitative estimate of drug-likeness (QED) is 0.911. The minimum atomic E-state index is 0. The molecule has 0 bridgehead atoms. The zero-order chi connectivity index (χ0) is 9.14. The maximum Gasteiger partial charge on any atom is 0.169 e. The molecule has 1 rings (SSSR count). The summed E-state index contributed by atoms with van der Waals surface area (Å²) in [5.41, 5.74) is 5.89. The zero-order valence-corrected chi connectivity index (χ0v) is 10.2. The van der Waals surface area contributed by atoms with Crippen LogP contribution in [-0.4, -0.2) is 0 Å². The fourth-order valence-corrected chi connectivity index (χ4v) is 1.47. The van der Waals surface area contributed by atoms with Crippen molar-refractivity contribution in [3.63, 3.8) is 0 Å².